The highest BCUT2D eigenvalue weighted by Gasteiger charge is 2.35. The summed E-state index contributed by atoms with van der Waals surface area (Å²) in [4.78, 5) is 24.4. The van der Waals surface area contributed by atoms with E-state index in [0.29, 0.717) is 17.8 Å². The molecule has 1 aliphatic heterocycles. The van der Waals surface area contributed by atoms with Gasteiger partial charge in [0.15, 0.2) is 0 Å². The van der Waals surface area contributed by atoms with Crippen LogP contribution >= 0.6 is 0 Å². The maximum Gasteiger partial charge on any atom is 0.414 e. The zero-order valence-corrected chi connectivity index (χ0v) is 10.6. The van der Waals surface area contributed by atoms with Crippen molar-refractivity contribution in [3.8, 4) is 0 Å². The van der Waals surface area contributed by atoms with Crippen LogP contribution in [-0.4, -0.2) is 40.1 Å². The highest BCUT2D eigenvalue weighted by atomic mass is 16.6. The fourth-order valence-electron chi connectivity index (χ4n) is 2.08. The lowest BCUT2D eigenvalue weighted by atomic mass is 9.97. The van der Waals surface area contributed by atoms with E-state index in [2.05, 4.69) is 11.7 Å². The van der Waals surface area contributed by atoms with Gasteiger partial charge in [-0.2, -0.15) is 5.10 Å². The van der Waals surface area contributed by atoms with Gasteiger partial charge in [0.25, 0.3) is 0 Å². The molecule has 7 nitrogen and oxygen atoms in total. The maximum atomic E-state index is 11.9. The molecule has 0 spiro atoms. The van der Waals surface area contributed by atoms with Crippen LogP contribution in [0.4, 0.5) is 10.5 Å². The van der Waals surface area contributed by atoms with Crippen LogP contribution in [0.25, 0.3) is 0 Å². The number of aryl methyl sites for hydroxylation is 1. The Balaban J connectivity index is 2.29. The van der Waals surface area contributed by atoms with Gasteiger partial charge in [-0.05, 0) is 0 Å². The predicted molar refractivity (Wildman–Crippen MR) is 66.9 cm³/mol. The third kappa shape index (κ3) is 2.44. The van der Waals surface area contributed by atoms with E-state index in [1.165, 1.54) is 11.0 Å². The number of hydrogen-bond acceptors (Lipinski definition) is 4. The number of amides is 1. The average molecular weight is 265 g/mol. The van der Waals surface area contributed by atoms with Crippen molar-refractivity contribution in [2.75, 3.05) is 18.1 Å². The van der Waals surface area contributed by atoms with Gasteiger partial charge in [-0.15, -0.1) is 0 Å². The van der Waals surface area contributed by atoms with Crippen molar-refractivity contribution in [3.05, 3.63) is 24.5 Å². The molecule has 19 heavy (non-hydrogen) atoms. The summed E-state index contributed by atoms with van der Waals surface area (Å²) < 4.78 is 6.55. The van der Waals surface area contributed by atoms with E-state index in [9.17, 15) is 9.59 Å². The van der Waals surface area contributed by atoms with Gasteiger partial charge in [0.2, 0.25) is 0 Å². The van der Waals surface area contributed by atoms with Gasteiger partial charge in [-0.3, -0.25) is 14.4 Å². The van der Waals surface area contributed by atoms with E-state index in [-0.39, 0.29) is 13.2 Å². The SMILES string of the molecule is C=CCOC(=O)N1CC(C(=O)O)Cc2c1cnn2C. The van der Waals surface area contributed by atoms with Crippen LogP contribution < -0.4 is 4.90 Å². The number of aromatic nitrogens is 2. The van der Waals surface area contributed by atoms with Crippen LogP contribution in [0.2, 0.25) is 0 Å². The van der Waals surface area contributed by atoms with E-state index < -0.39 is 18.0 Å². The van der Waals surface area contributed by atoms with Crippen LogP contribution in [0, 0.1) is 5.92 Å². The Bertz CT molecular complexity index is 523. The first-order valence-electron chi connectivity index (χ1n) is 5.83. The van der Waals surface area contributed by atoms with E-state index >= 15 is 0 Å². The average Bonchev–Trinajstić information content (AvgIpc) is 2.76. The van der Waals surface area contributed by atoms with E-state index in [1.54, 1.807) is 17.9 Å². The fraction of sp³-hybridized carbons (Fsp3) is 0.417. The summed E-state index contributed by atoms with van der Waals surface area (Å²) in [6, 6.07) is 0. The molecule has 0 saturated heterocycles. The second-order valence-corrected chi connectivity index (χ2v) is 4.32. The van der Waals surface area contributed by atoms with Crippen molar-refractivity contribution in [3.63, 3.8) is 0 Å². The first-order chi connectivity index (χ1) is 9.04. The molecule has 2 rings (SSSR count). The fourth-order valence-corrected chi connectivity index (χ4v) is 2.08. The summed E-state index contributed by atoms with van der Waals surface area (Å²) in [5.74, 6) is -1.59. The molecular weight excluding hydrogens is 250 g/mol. The quantitative estimate of drug-likeness (QED) is 0.817. The standard InChI is InChI=1S/C12H15N3O4/c1-3-4-19-12(18)15-7-8(11(16)17)5-9-10(15)6-13-14(9)2/h3,6,8H,1,4-5,7H2,2H3,(H,16,17). The highest BCUT2D eigenvalue weighted by Crippen LogP contribution is 2.29. The molecule has 1 amide bonds. The molecule has 1 aliphatic rings. The van der Waals surface area contributed by atoms with Crippen molar-refractivity contribution in [1.82, 2.24) is 9.78 Å². The van der Waals surface area contributed by atoms with Gasteiger partial charge in [-0.25, -0.2) is 4.79 Å². The Hall–Kier alpha value is -2.31. The molecule has 0 bridgehead atoms. The number of nitrogens with zero attached hydrogens (tertiary/aromatic N) is 3. The van der Waals surface area contributed by atoms with Gasteiger partial charge in [0.05, 0.1) is 23.5 Å². The minimum absolute atomic E-state index is 0.0860. The number of carboxylic acid groups (broad SMARTS) is 1. The number of anilines is 1. The maximum absolute atomic E-state index is 11.9. The van der Waals surface area contributed by atoms with Crippen LogP contribution in [0.3, 0.4) is 0 Å². The Morgan fingerprint density at radius 3 is 3.05 bits per heavy atom. The molecule has 0 fully saturated rings. The van der Waals surface area contributed by atoms with E-state index in [4.69, 9.17) is 9.84 Å². The molecule has 1 N–H and O–H groups in total. The molecular formula is C12H15N3O4. The predicted octanol–water partition coefficient (Wildman–Crippen LogP) is 0.806. The van der Waals surface area contributed by atoms with Crippen molar-refractivity contribution in [1.29, 1.82) is 0 Å². The molecule has 0 radical (unpaired) electrons. The smallest absolute Gasteiger partial charge is 0.414 e. The molecule has 1 unspecified atom stereocenters. The lowest BCUT2D eigenvalue weighted by molar-refractivity contribution is -0.141. The highest BCUT2D eigenvalue weighted by molar-refractivity contribution is 5.90. The summed E-state index contributed by atoms with van der Waals surface area (Å²) in [6.45, 7) is 3.64. The Labute approximate surface area is 110 Å². The summed E-state index contributed by atoms with van der Waals surface area (Å²) >= 11 is 0. The minimum Gasteiger partial charge on any atom is -0.481 e. The van der Waals surface area contributed by atoms with Crippen molar-refractivity contribution in [2.45, 2.75) is 6.42 Å². The molecule has 1 aromatic rings. The summed E-state index contributed by atoms with van der Waals surface area (Å²) in [5.41, 5.74) is 1.32. The van der Waals surface area contributed by atoms with Crippen LogP contribution in [0.5, 0.6) is 0 Å². The molecule has 1 aromatic heterocycles. The van der Waals surface area contributed by atoms with Crippen molar-refractivity contribution < 1.29 is 19.4 Å². The summed E-state index contributed by atoms with van der Waals surface area (Å²) in [7, 11) is 1.72. The third-order valence-electron chi connectivity index (χ3n) is 3.07. The Kier molecular flexibility index (Phi) is 3.55. The second kappa shape index (κ2) is 5.13. The summed E-state index contributed by atoms with van der Waals surface area (Å²) in [5, 5.41) is 13.2. The third-order valence-corrected chi connectivity index (χ3v) is 3.07. The monoisotopic (exact) mass is 265 g/mol. The van der Waals surface area contributed by atoms with E-state index in [0.717, 1.165) is 0 Å². The van der Waals surface area contributed by atoms with E-state index in [1.807, 2.05) is 0 Å². The molecule has 1 atom stereocenters. The lowest BCUT2D eigenvalue weighted by Crippen LogP contribution is -2.43. The number of ether oxygens (including phenoxy) is 1. The Morgan fingerprint density at radius 1 is 1.68 bits per heavy atom. The van der Waals surface area contributed by atoms with Gasteiger partial charge < -0.3 is 9.84 Å². The van der Waals surface area contributed by atoms with Crippen molar-refractivity contribution >= 4 is 17.7 Å². The molecule has 0 aliphatic carbocycles. The zero-order valence-electron chi connectivity index (χ0n) is 10.6. The molecule has 0 saturated carbocycles. The normalized spacial score (nSPS) is 17.7. The lowest BCUT2D eigenvalue weighted by Gasteiger charge is -2.29. The van der Waals surface area contributed by atoms with Crippen LogP contribution in [0.15, 0.2) is 18.9 Å². The molecule has 2 heterocycles. The van der Waals surface area contributed by atoms with Gasteiger partial charge >= 0.3 is 12.1 Å². The molecule has 7 heteroatoms. The number of aliphatic carboxylic acids is 1. The van der Waals surface area contributed by atoms with Crippen LogP contribution in [-0.2, 0) is 23.0 Å². The number of carboxylic acids is 1. The molecule has 102 valence electrons. The number of hydrogen-bond donors (Lipinski definition) is 1. The van der Waals surface area contributed by atoms with Crippen molar-refractivity contribution in [2.24, 2.45) is 13.0 Å². The number of rotatable bonds is 3. The first-order valence-corrected chi connectivity index (χ1v) is 5.83. The topological polar surface area (TPSA) is 84.7 Å². The molecule has 0 aromatic carbocycles. The Morgan fingerprint density at radius 2 is 2.42 bits per heavy atom. The van der Waals surface area contributed by atoms with Gasteiger partial charge in [0.1, 0.15) is 6.61 Å². The minimum atomic E-state index is -0.937. The first kappa shape index (κ1) is 13.1. The van der Waals surface area contributed by atoms with Crippen LogP contribution in [0.1, 0.15) is 5.69 Å². The zero-order chi connectivity index (χ0) is 14.0. The van der Waals surface area contributed by atoms with Gasteiger partial charge in [0, 0.05) is 20.0 Å². The second-order valence-electron chi connectivity index (χ2n) is 4.32. The largest absolute Gasteiger partial charge is 0.481 e. The summed E-state index contributed by atoms with van der Waals surface area (Å²) in [6.07, 6.45) is 2.77. The number of carbonyl (C=O) groups is 2. The van der Waals surface area contributed by atoms with Gasteiger partial charge in [-0.1, -0.05) is 12.7 Å². The number of carbonyl (C=O) groups excluding carboxylic acids is 1. The number of fused-ring (bicyclic) bond motifs is 1.